The average Bonchev–Trinajstić information content (AvgIpc) is 2.84. The monoisotopic (exact) mass is 462 g/mol. The predicted molar refractivity (Wildman–Crippen MR) is 140 cm³/mol. The van der Waals surface area contributed by atoms with Crippen molar-refractivity contribution in [1.29, 1.82) is 0 Å². The second-order valence-corrected chi connectivity index (χ2v) is 10.7. The van der Waals surface area contributed by atoms with Crippen LogP contribution in [0.5, 0.6) is 0 Å². The molecule has 184 valence electrons. The summed E-state index contributed by atoms with van der Waals surface area (Å²) in [7, 11) is 2.21. The van der Waals surface area contributed by atoms with E-state index in [0.29, 0.717) is 19.3 Å². The largest absolute Gasteiger partial charge is 0.381 e. The molecular weight excluding hydrogens is 420 g/mol. The van der Waals surface area contributed by atoms with E-state index in [4.69, 9.17) is 4.74 Å². The van der Waals surface area contributed by atoms with Gasteiger partial charge in [-0.1, -0.05) is 72.9 Å². The van der Waals surface area contributed by atoms with Crippen LogP contribution in [-0.2, 0) is 16.0 Å². The minimum absolute atomic E-state index is 0.199. The van der Waals surface area contributed by atoms with E-state index in [-0.39, 0.29) is 11.3 Å². The van der Waals surface area contributed by atoms with E-state index in [1.807, 2.05) is 0 Å². The standard InChI is InChI=1S/C30H42N2O2/c1-23-18-24(2)20-27(19-23)26-9-7-8-25(21-26)22-30(12-16-34-17-13-30)29(33)31-14-15-32(3)28-10-5-4-6-11-28/h7-9,18-21,28H,4-6,10-17,22H2,1-3H3,(H,31,33). The number of nitrogens with zero attached hydrogens (tertiary/aromatic N) is 1. The van der Waals surface area contributed by atoms with Crippen LogP contribution in [0.25, 0.3) is 11.1 Å². The van der Waals surface area contributed by atoms with E-state index in [1.165, 1.54) is 59.9 Å². The number of aryl methyl sites for hydroxylation is 2. The number of hydrogen-bond donors (Lipinski definition) is 1. The third-order valence-corrected chi connectivity index (χ3v) is 7.90. The summed E-state index contributed by atoms with van der Waals surface area (Å²) in [4.78, 5) is 16.0. The number of nitrogens with one attached hydrogen (secondary N) is 1. The Balaban J connectivity index is 1.43. The van der Waals surface area contributed by atoms with E-state index < -0.39 is 0 Å². The van der Waals surface area contributed by atoms with Gasteiger partial charge in [0, 0.05) is 32.3 Å². The molecule has 1 aliphatic carbocycles. The number of hydrogen-bond acceptors (Lipinski definition) is 3. The highest BCUT2D eigenvalue weighted by Gasteiger charge is 2.40. The minimum Gasteiger partial charge on any atom is -0.381 e. The molecule has 1 heterocycles. The van der Waals surface area contributed by atoms with Gasteiger partial charge in [-0.05, 0) is 69.7 Å². The molecule has 0 radical (unpaired) electrons. The van der Waals surface area contributed by atoms with E-state index in [9.17, 15) is 4.79 Å². The number of rotatable bonds is 8. The third-order valence-electron chi connectivity index (χ3n) is 7.90. The first-order valence-electron chi connectivity index (χ1n) is 13.2. The Morgan fingerprint density at radius 2 is 1.71 bits per heavy atom. The normalized spacial score (nSPS) is 18.7. The molecule has 0 spiro atoms. The Labute approximate surface area is 206 Å². The first-order valence-corrected chi connectivity index (χ1v) is 13.2. The van der Waals surface area contributed by atoms with Crippen LogP contribution in [0.1, 0.15) is 61.6 Å². The lowest BCUT2D eigenvalue weighted by molar-refractivity contribution is -0.136. The smallest absolute Gasteiger partial charge is 0.226 e. The van der Waals surface area contributed by atoms with Gasteiger partial charge in [0.25, 0.3) is 0 Å². The van der Waals surface area contributed by atoms with Crippen LogP contribution in [0.3, 0.4) is 0 Å². The van der Waals surface area contributed by atoms with Crippen molar-refractivity contribution < 1.29 is 9.53 Å². The second kappa shape index (κ2) is 11.5. The van der Waals surface area contributed by atoms with Crippen molar-refractivity contribution >= 4 is 5.91 Å². The van der Waals surface area contributed by atoms with Gasteiger partial charge in [-0.3, -0.25) is 4.79 Å². The Kier molecular flexibility index (Phi) is 8.44. The summed E-state index contributed by atoms with van der Waals surface area (Å²) >= 11 is 0. The van der Waals surface area contributed by atoms with Crippen molar-refractivity contribution in [2.45, 2.75) is 71.3 Å². The van der Waals surface area contributed by atoms with Crippen LogP contribution in [0.4, 0.5) is 0 Å². The van der Waals surface area contributed by atoms with E-state index in [0.717, 1.165) is 32.4 Å². The summed E-state index contributed by atoms with van der Waals surface area (Å²) in [5, 5.41) is 3.31. The SMILES string of the molecule is Cc1cc(C)cc(-c2cccc(CC3(C(=O)NCCN(C)C4CCCCC4)CCOCC3)c2)c1. The van der Waals surface area contributed by atoms with Crippen molar-refractivity contribution in [3.05, 3.63) is 59.2 Å². The highest BCUT2D eigenvalue weighted by Crippen LogP contribution is 2.36. The molecule has 1 aliphatic heterocycles. The molecule has 34 heavy (non-hydrogen) atoms. The molecule has 1 amide bonds. The molecule has 0 bridgehead atoms. The van der Waals surface area contributed by atoms with Crippen molar-refractivity contribution in [3.8, 4) is 11.1 Å². The molecule has 1 N–H and O–H groups in total. The highest BCUT2D eigenvalue weighted by molar-refractivity contribution is 5.83. The summed E-state index contributed by atoms with van der Waals surface area (Å²) in [6.07, 6.45) is 8.97. The Hall–Kier alpha value is -2.17. The Morgan fingerprint density at radius 3 is 2.41 bits per heavy atom. The molecular formula is C30H42N2O2. The molecule has 0 aromatic heterocycles. The molecule has 4 rings (SSSR count). The maximum atomic E-state index is 13.5. The van der Waals surface area contributed by atoms with Gasteiger partial charge in [-0.25, -0.2) is 0 Å². The second-order valence-electron chi connectivity index (χ2n) is 10.7. The fourth-order valence-electron chi connectivity index (χ4n) is 5.88. The summed E-state index contributed by atoms with van der Waals surface area (Å²) in [6, 6.07) is 16.1. The first kappa shape index (κ1) is 24.9. The van der Waals surface area contributed by atoms with Crippen LogP contribution < -0.4 is 5.32 Å². The number of ether oxygens (including phenoxy) is 1. The van der Waals surface area contributed by atoms with E-state index in [1.54, 1.807) is 0 Å². The molecule has 4 heteroatoms. The number of carbonyl (C=O) groups is 1. The molecule has 4 nitrogen and oxygen atoms in total. The number of likely N-dealkylation sites (N-methyl/N-ethyl adjacent to an activating group) is 1. The zero-order chi connectivity index (χ0) is 24.0. The Morgan fingerprint density at radius 1 is 1.00 bits per heavy atom. The van der Waals surface area contributed by atoms with Crippen molar-refractivity contribution in [2.24, 2.45) is 5.41 Å². The van der Waals surface area contributed by atoms with Gasteiger partial charge in [-0.15, -0.1) is 0 Å². The quantitative estimate of drug-likeness (QED) is 0.548. The van der Waals surface area contributed by atoms with Gasteiger partial charge < -0.3 is 15.0 Å². The zero-order valence-electron chi connectivity index (χ0n) is 21.4. The van der Waals surface area contributed by atoms with E-state index >= 15 is 0 Å². The molecule has 0 atom stereocenters. The summed E-state index contributed by atoms with van der Waals surface area (Å²) in [5.74, 6) is 0.199. The van der Waals surface area contributed by atoms with Crippen molar-refractivity contribution in [3.63, 3.8) is 0 Å². The minimum atomic E-state index is -0.386. The highest BCUT2D eigenvalue weighted by atomic mass is 16.5. The fourth-order valence-corrected chi connectivity index (χ4v) is 5.88. The predicted octanol–water partition coefficient (Wildman–Crippen LogP) is 5.69. The average molecular weight is 463 g/mol. The van der Waals surface area contributed by atoms with Crippen LogP contribution in [-0.4, -0.2) is 50.2 Å². The lowest BCUT2D eigenvalue weighted by Gasteiger charge is -2.36. The van der Waals surface area contributed by atoms with Gasteiger partial charge in [0.2, 0.25) is 5.91 Å². The fraction of sp³-hybridized carbons (Fsp3) is 0.567. The summed E-state index contributed by atoms with van der Waals surface area (Å²) < 4.78 is 5.67. The lowest BCUT2D eigenvalue weighted by atomic mass is 9.74. The van der Waals surface area contributed by atoms with Crippen LogP contribution in [0.2, 0.25) is 0 Å². The summed E-state index contributed by atoms with van der Waals surface area (Å²) in [6.45, 7) is 7.25. The number of benzene rings is 2. The Bertz CT molecular complexity index is 938. The molecule has 2 aromatic rings. The third kappa shape index (κ3) is 6.28. The molecule has 2 aromatic carbocycles. The number of amides is 1. The molecule has 0 unspecified atom stereocenters. The molecule has 2 aliphatic rings. The number of carbonyl (C=O) groups excluding carboxylic acids is 1. The van der Waals surface area contributed by atoms with Gasteiger partial charge in [0.1, 0.15) is 0 Å². The van der Waals surface area contributed by atoms with Crippen LogP contribution in [0, 0.1) is 19.3 Å². The van der Waals surface area contributed by atoms with Crippen molar-refractivity contribution in [1.82, 2.24) is 10.2 Å². The molecule has 2 fully saturated rings. The van der Waals surface area contributed by atoms with Crippen molar-refractivity contribution in [2.75, 3.05) is 33.4 Å². The van der Waals surface area contributed by atoms with Crippen LogP contribution >= 0.6 is 0 Å². The topological polar surface area (TPSA) is 41.6 Å². The maximum absolute atomic E-state index is 13.5. The zero-order valence-corrected chi connectivity index (χ0v) is 21.4. The van der Waals surface area contributed by atoms with Gasteiger partial charge in [0.15, 0.2) is 0 Å². The maximum Gasteiger partial charge on any atom is 0.226 e. The first-order chi connectivity index (χ1) is 16.4. The summed E-state index contributed by atoms with van der Waals surface area (Å²) in [5.41, 5.74) is 5.87. The van der Waals surface area contributed by atoms with E-state index in [2.05, 4.69) is 73.6 Å². The van der Waals surface area contributed by atoms with Gasteiger partial charge in [0.05, 0.1) is 5.41 Å². The van der Waals surface area contributed by atoms with Crippen LogP contribution in [0.15, 0.2) is 42.5 Å². The van der Waals surface area contributed by atoms with Gasteiger partial charge in [-0.2, -0.15) is 0 Å². The molecule has 1 saturated carbocycles. The van der Waals surface area contributed by atoms with Gasteiger partial charge >= 0.3 is 0 Å². The lowest BCUT2D eigenvalue weighted by Crippen LogP contribution is -2.48. The molecule has 1 saturated heterocycles.